The normalized spacial score (nSPS) is 19.8. The van der Waals surface area contributed by atoms with Gasteiger partial charge in [-0.3, -0.25) is 9.59 Å². The number of anilines is 1. The van der Waals surface area contributed by atoms with Crippen molar-refractivity contribution in [3.63, 3.8) is 0 Å². The number of carbonyl (C=O) groups is 2. The molecule has 1 atom stereocenters. The Labute approximate surface area is 182 Å². The van der Waals surface area contributed by atoms with Crippen molar-refractivity contribution in [3.05, 3.63) is 36.4 Å². The average molecular weight is 424 g/mol. The lowest BCUT2D eigenvalue weighted by Crippen LogP contribution is -2.48. The molecular weight excluding hydrogens is 394 g/mol. The maximum absolute atomic E-state index is 13.0. The molecule has 4 rings (SSSR count). The second-order valence-corrected chi connectivity index (χ2v) is 8.29. The number of piperidine rings is 2. The fourth-order valence-electron chi connectivity index (χ4n) is 4.44. The van der Waals surface area contributed by atoms with Crippen LogP contribution in [0.3, 0.4) is 0 Å². The van der Waals surface area contributed by atoms with E-state index in [-0.39, 0.29) is 23.7 Å². The zero-order chi connectivity index (χ0) is 21.8. The molecule has 1 aromatic heterocycles. The summed E-state index contributed by atoms with van der Waals surface area (Å²) in [6.07, 6.45) is 3.14. The SMILES string of the molecule is COc1ccc(-c2ccc(N3CCCC(C(=O)N4CCC(C(N)=O)CC4)C3)nn2)cc1. The van der Waals surface area contributed by atoms with Crippen LogP contribution in [0.15, 0.2) is 36.4 Å². The van der Waals surface area contributed by atoms with E-state index in [4.69, 9.17) is 10.5 Å². The number of rotatable bonds is 5. The molecule has 164 valence electrons. The number of methoxy groups -OCH3 is 1. The van der Waals surface area contributed by atoms with Crippen LogP contribution in [0.25, 0.3) is 11.3 Å². The van der Waals surface area contributed by atoms with Gasteiger partial charge in [0.25, 0.3) is 0 Å². The van der Waals surface area contributed by atoms with Crippen molar-refractivity contribution in [1.29, 1.82) is 0 Å². The highest BCUT2D eigenvalue weighted by atomic mass is 16.5. The van der Waals surface area contributed by atoms with E-state index in [0.717, 1.165) is 42.2 Å². The van der Waals surface area contributed by atoms with Crippen LogP contribution in [-0.2, 0) is 9.59 Å². The molecule has 2 aliphatic heterocycles. The number of nitrogens with zero attached hydrogens (tertiary/aromatic N) is 4. The standard InChI is InChI=1S/C23H29N5O3/c1-31-19-6-4-16(5-7-19)20-8-9-21(26-25-20)28-12-2-3-18(15-28)23(30)27-13-10-17(11-14-27)22(24)29/h4-9,17-18H,2-3,10-15H2,1H3,(H2,24,29). The van der Waals surface area contributed by atoms with Crippen molar-refractivity contribution in [2.24, 2.45) is 17.6 Å². The maximum Gasteiger partial charge on any atom is 0.227 e. The van der Waals surface area contributed by atoms with Gasteiger partial charge in [-0.25, -0.2) is 0 Å². The fraction of sp³-hybridized carbons (Fsp3) is 0.478. The van der Waals surface area contributed by atoms with Crippen LogP contribution in [0, 0.1) is 11.8 Å². The van der Waals surface area contributed by atoms with Crippen LogP contribution < -0.4 is 15.4 Å². The number of benzene rings is 1. The summed E-state index contributed by atoms with van der Waals surface area (Å²) in [5, 5.41) is 8.82. The molecule has 2 aromatic rings. The van der Waals surface area contributed by atoms with E-state index in [0.29, 0.717) is 32.5 Å². The monoisotopic (exact) mass is 423 g/mol. The van der Waals surface area contributed by atoms with E-state index in [2.05, 4.69) is 15.1 Å². The van der Waals surface area contributed by atoms with Crippen molar-refractivity contribution < 1.29 is 14.3 Å². The molecule has 8 nitrogen and oxygen atoms in total. The molecule has 2 aliphatic rings. The molecule has 2 fully saturated rings. The number of hydrogen-bond donors (Lipinski definition) is 1. The van der Waals surface area contributed by atoms with Gasteiger partial charge in [-0.2, -0.15) is 0 Å². The quantitative estimate of drug-likeness (QED) is 0.790. The molecule has 1 unspecified atom stereocenters. The maximum atomic E-state index is 13.0. The number of primary amides is 1. The Morgan fingerprint density at radius 1 is 0.968 bits per heavy atom. The van der Waals surface area contributed by atoms with Crippen LogP contribution in [0.1, 0.15) is 25.7 Å². The van der Waals surface area contributed by atoms with Crippen molar-refractivity contribution in [2.45, 2.75) is 25.7 Å². The minimum absolute atomic E-state index is 0.0538. The summed E-state index contributed by atoms with van der Waals surface area (Å²) in [6.45, 7) is 2.73. The summed E-state index contributed by atoms with van der Waals surface area (Å²) in [5.41, 5.74) is 7.18. The second-order valence-electron chi connectivity index (χ2n) is 8.29. The van der Waals surface area contributed by atoms with Gasteiger partial charge in [-0.1, -0.05) is 0 Å². The highest BCUT2D eigenvalue weighted by Gasteiger charge is 2.33. The highest BCUT2D eigenvalue weighted by Crippen LogP contribution is 2.27. The van der Waals surface area contributed by atoms with Crippen molar-refractivity contribution in [3.8, 4) is 17.0 Å². The fourth-order valence-corrected chi connectivity index (χ4v) is 4.44. The number of carbonyl (C=O) groups excluding carboxylic acids is 2. The first kappa shape index (κ1) is 21.1. The lowest BCUT2D eigenvalue weighted by atomic mass is 9.92. The van der Waals surface area contributed by atoms with Gasteiger partial charge in [0.2, 0.25) is 11.8 Å². The summed E-state index contributed by atoms with van der Waals surface area (Å²) in [7, 11) is 1.64. The molecule has 2 N–H and O–H groups in total. The molecule has 2 amide bonds. The molecule has 0 radical (unpaired) electrons. The topological polar surface area (TPSA) is 102 Å². The number of amides is 2. The number of likely N-dealkylation sites (tertiary alicyclic amines) is 1. The van der Waals surface area contributed by atoms with Crippen LogP contribution in [-0.4, -0.2) is 60.2 Å². The Kier molecular flexibility index (Phi) is 6.34. The summed E-state index contributed by atoms with van der Waals surface area (Å²) in [4.78, 5) is 28.4. The Morgan fingerprint density at radius 3 is 2.32 bits per heavy atom. The van der Waals surface area contributed by atoms with E-state index < -0.39 is 0 Å². The van der Waals surface area contributed by atoms with E-state index in [9.17, 15) is 9.59 Å². The van der Waals surface area contributed by atoms with Crippen LogP contribution >= 0.6 is 0 Å². The van der Waals surface area contributed by atoms with Gasteiger partial charge in [0.15, 0.2) is 5.82 Å². The first-order valence-corrected chi connectivity index (χ1v) is 10.9. The first-order chi connectivity index (χ1) is 15.0. The molecule has 31 heavy (non-hydrogen) atoms. The van der Waals surface area contributed by atoms with Gasteiger partial charge < -0.3 is 20.3 Å². The number of hydrogen-bond acceptors (Lipinski definition) is 6. The van der Waals surface area contributed by atoms with Crippen molar-refractivity contribution in [1.82, 2.24) is 15.1 Å². The molecule has 0 spiro atoms. The third-order valence-electron chi connectivity index (χ3n) is 6.34. The minimum Gasteiger partial charge on any atom is -0.497 e. The molecule has 0 saturated carbocycles. The molecule has 2 saturated heterocycles. The van der Waals surface area contributed by atoms with E-state index in [1.54, 1.807) is 7.11 Å². The number of ether oxygens (including phenoxy) is 1. The van der Waals surface area contributed by atoms with Gasteiger partial charge in [-0.05, 0) is 62.1 Å². The Balaban J connectivity index is 1.38. The van der Waals surface area contributed by atoms with E-state index in [1.807, 2.05) is 41.3 Å². The van der Waals surface area contributed by atoms with Gasteiger partial charge in [0.1, 0.15) is 5.75 Å². The van der Waals surface area contributed by atoms with Crippen LogP contribution in [0.5, 0.6) is 5.75 Å². The summed E-state index contributed by atoms with van der Waals surface area (Å²) >= 11 is 0. The number of nitrogens with two attached hydrogens (primary N) is 1. The van der Waals surface area contributed by atoms with Crippen molar-refractivity contribution >= 4 is 17.6 Å². The number of aromatic nitrogens is 2. The minimum atomic E-state index is -0.257. The summed E-state index contributed by atoms with van der Waals surface area (Å²) in [6, 6.07) is 11.6. The zero-order valence-electron chi connectivity index (χ0n) is 17.9. The van der Waals surface area contributed by atoms with Gasteiger partial charge in [-0.15, -0.1) is 10.2 Å². The summed E-state index contributed by atoms with van der Waals surface area (Å²) in [5.74, 6) is 1.36. The van der Waals surface area contributed by atoms with Crippen LogP contribution in [0.2, 0.25) is 0 Å². The molecular formula is C23H29N5O3. The molecule has 8 heteroatoms. The lowest BCUT2D eigenvalue weighted by molar-refractivity contribution is -0.138. The molecule has 1 aromatic carbocycles. The predicted molar refractivity (Wildman–Crippen MR) is 117 cm³/mol. The zero-order valence-corrected chi connectivity index (χ0v) is 17.9. The Hall–Kier alpha value is -3.16. The Morgan fingerprint density at radius 2 is 1.71 bits per heavy atom. The molecule has 0 bridgehead atoms. The third kappa shape index (κ3) is 4.78. The smallest absolute Gasteiger partial charge is 0.227 e. The summed E-state index contributed by atoms with van der Waals surface area (Å²) < 4.78 is 5.20. The van der Waals surface area contributed by atoms with Crippen LogP contribution in [0.4, 0.5) is 5.82 Å². The molecule has 0 aliphatic carbocycles. The lowest BCUT2D eigenvalue weighted by Gasteiger charge is -2.37. The Bertz CT molecular complexity index is 908. The predicted octanol–water partition coefficient (Wildman–Crippen LogP) is 2.09. The highest BCUT2D eigenvalue weighted by molar-refractivity contribution is 5.81. The van der Waals surface area contributed by atoms with Gasteiger partial charge >= 0.3 is 0 Å². The van der Waals surface area contributed by atoms with Gasteiger partial charge in [0, 0.05) is 37.7 Å². The van der Waals surface area contributed by atoms with E-state index >= 15 is 0 Å². The van der Waals surface area contributed by atoms with Crippen molar-refractivity contribution in [2.75, 3.05) is 38.2 Å². The largest absolute Gasteiger partial charge is 0.497 e. The third-order valence-corrected chi connectivity index (χ3v) is 6.34. The average Bonchev–Trinajstić information content (AvgIpc) is 2.84. The van der Waals surface area contributed by atoms with Gasteiger partial charge in [0.05, 0.1) is 18.7 Å². The first-order valence-electron chi connectivity index (χ1n) is 10.9. The molecule has 3 heterocycles. The van der Waals surface area contributed by atoms with E-state index in [1.165, 1.54) is 0 Å². The second kappa shape index (κ2) is 9.32.